The number of hydrogen-bond acceptors (Lipinski definition) is 5. The zero-order valence-corrected chi connectivity index (χ0v) is 13.3. The van der Waals surface area contributed by atoms with E-state index >= 15 is 0 Å². The van der Waals surface area contributed by atoms with Crippen molar-refractivity contribution in [3.63, 3.8) is 0 Å². The molecule has 0 atom stereocenters. The summed E-state index contributed by atoms with van der Waals surface area (Å²) in [6, 6.07) is 7.53. The number of nitrogens with zero attached hydrogens (tertiary/aromatic N) is 2. The van der Waals surface area contributed by atoms with E-state index in [4.69, 9.17) is 11.6 Å². The average molecular weight is 328 g/mol. The van der Waals surface area contributed by atoms with Crippen molar-refractivity contribution in [2.45, 2.75) is 24.1 Å². The van der Waals surface area contributed by atoms with Crippen LogP contribution in [0.1, 0.15) is 18.9 Å². The Kier molecular flexibility index (Phi) is 5.82. The van der Waals surface area contributed by atoms with Crippen LogP contribution in [0.2, 0.25) is 5.02 Å². The van der Waals surface area contributed by atoms with Crippen molar-refractivity contribution in [3.8, 4) is 0 Å². The Morgan fingerprint density at radius 2 is 2.30 bits per heavy atom. The van der Waals surface area contributed by atoms with Crippen LogP contribution in [-0.4, -0.2) is 21.9 Å². The lowest BCUT2D eigenvalue weighted by atomic mass is 10.1. The smallest absolute Gasteiger partial charge is 0.226 e. The fourth-order valence-electron chi connectivity index (χ4n) is 1.57. The summed E-state index contributed by atoms with van der Waals surface area (Å²) in [5, 5.41) is 11.9. The maximum Gasteiger partial charge on any atom is 0.226 e. The van der Waals surface area contributed by atoms with Gasteiger partial charge in [-0.1, -0.05) is 53.8 Å². The summed E-state index contributed by atoms with van der Waals surface area (Å²) in [4.78, 5) is 11.8. The van der Waals surface area contributed by atoms with E-state index in [0.29, 0.717) is 23.0 Å². The third-order valence-corrected chi connectivity index (χ3v) is 4.54. The SMILES string of the molecule is CCSc1nnc(NC(=O)CCc2cccc(Cl)c2)s1. The van der Waals surface area contributed by atoms with Gasteiger partial charge < -0.3 is 5.32 Å². The van der Waals surface area contributed by atoms with Crippen LogP contribution in [0.4, 0.5) is 5.13 Å². The molecule has 0 radical (unpaired) electrons. The molecular formula is C13H14ClN3OS2. The molecule has 2 aromatic rings. The van der Waals surface area contributed by atoms with E-state index in [1.165, 1.54) is 11.3 Å². The molecule has 4 nitrogen and oxygen atoms in total. The summed E-state index contributed by atoms with van der Waals surface area (Å²) in [7, 11) is 0. The minimum absolute atomic E-state index is 0.0610. The minimum atomic E-state index is -0.0610. The van der Waals surface area contributed by atoms with Crippen molar-refractivity contribution >= 4 is 45.7 Å². The van der Waals surface area contributed by atoms with E-state index in [2.05, 4.69) is 22.4 Å². The summed E-state index contributed by atoms with van der Waals surface area (Å²) in [5.41, 5.74) is 1.05. The van der Waals surface area contributed by atoms with Crippen molar-refractivity contribution in [1.82, 2.24) is 10.2 Å². The molecule has 0 unspecified atom stereocenters. The Balaban J connectivity index is 1.82. The first kappa shape index (κ1) is 15.3. The Bertz CT molecular complexity index is 589. The monoisotopic (exact) mass is 327 g/mol. The van der Waals surface area contributed by atoms with Gasteiger partial charge in [0.25, 0.3) is 0 Å². The summed E-state index contributed by atoms with van der Waals surface area (Å²) in [5.74, 6) is 0.881. The van der Waals surface area contributed by atoms with Gasteiger partial charge in [0.15, 0.2) is 4.34 Å². The number of benzene rings is 1. The van der Waals surface area contributed by atoms with Crippen molar-refractivity contribution in [3.05, 3.63) is 34.9 Å². The number of halogens is 1. The maximum absolute atomic E-state index is 11.8. The molecule has 0 aliphatic rings. The second-order valence-electron chi connectivity index (χ2n) is 3.98. The van der Waals surface area contributed by atoms with Crippen LogP contribution in [0.3, 0.4) is 0 Å². The molecule has 0 bridgehead atoms. The Morgan fingerprint density at radius 3 is 3.05 bits per heavy atom. The van der Waals surface area contributed by atoms with Crippen molar-refractivity contribution < 1.29 is 4.79 Å². The lowest BCUT2D eigenvalue weighted by Gasteiger charge is -2.02. The zero-order chi connectivity index (χ0) is 14.4. The molecule has 0 fully saturated rings. The molecule has 2 rings (SSSR count). The van der Waals surface area contributed by atoms with E-state index in [0.717, 1.165) is 15.7 Å². The highest BCUT2D eigenvalue weighted by Crippen LogP contribution is 2.25. The summed E-state index contributed by atoms with van der Waals surface area (Å²) >= 11 is 8.91. The summed E-state index contributed by atoms with van der Waals surface area (Å²) < 4.78 is 0.873. The highest BCUT2D eigenvalue weighted by Gasteiger charge is 2.08. The molecule has 20 heavy (non-hydrogen) atoms. The highest BCUT2D eigenvalue weighted by atomic mass is 35.5. The summed E-state index contributed by atoms with van der Waals surface area (Å²) in [6.07, 6.45) is 1.05. The zero-order valence-electron chi connectivity index (χ0n) is 10.9. The van der Waals surface area contributed by atoms with E-state index in [9.17, 15) is 4.79 Å². The van der Waals surface area contributed by atoms with E-state index in [-0.39, 0.29) is 5.91 Å². The number of aromatic nitrogens is 2. The number of carbonyl (C=O) groups excluding carboxylic acids is 1. The third kappa shape index (κ3) is 4.77. The normalized spacial score (nSPS) is 10.5. The molecule has 1 aromatic heterocycles. The van der Waals surface area contributed by atoms with Crippen LogP contribution in [0.25, 0.3) is 0 Å². The molecule has 0 aliphatic heterocycles. The fourth-order valence-corrected chi connectivity index (χ4v) is 3.45. The van der Waals surface area contributed by atoms with E-state index < -0.39 is 0 Å². The van der Waals surface area contributed by atoms with Gasteiger partial charge in [0.1, 0.15) is 0 Å². The number of nitrogens with one attached hydrogen (secondary N) is 1. The first-order valence-corrected chi connectivity index (χ1v) is 8.36. The topological polar surface area (TPSA) is 54.9 Å². The number of aryl methyl sites for hydroxylation is 1. The molecule has 1 heterocycles. The Morgan fingerprint density at radius 1 is 1.45 bits per heavy atom. The second-order valence-corrected chi connectivity index (χ2v) is 6.91. The number of thioether (sulfide) groups is 1. The molecule has 0 aliphatic carbocycles. The van der Waals surface area contributed by atoms with Gasteiger partial charge in [-0.05, 0) is 29.9 Å². The minimum Gasteiger partial charge on any atom is -0.300 e. The number of carbonyl (C=O) groups is 1. The summed E-state index contributed by atoms with van der Waals surface area (Å²) in [6.45, 7) is 2.05. The predicted octanol–water partition coefficient (Wildman–Crippen LogP) is 3.87. The number of amides is 1. The van der Waals surface area contributed by atoms with E-state index in [1.54, 1.807) is 11.8 Å². The van der Waals surface area contributed by atoms with Crippen LogP contribution in [0.5, 0.6) is 0 Å². The Hall–Kier alpha value is -1.11. The van der Waals surface area contributed by atoms with Crippen LogP contribution in [0.15, 0.2) is 28.6 Å². The molecule has 0 saturated heterocycles. The van der Waals surface area contributed by atoms with Gasteiger partial charge in [-0.3, -0.25) is 4.79 Å². The quantitative estimate of drug-likeness (QED) is 0.646. The standard InChI is InChI=1S/C13H14ClN3OS2/c1-2-19-13-17-16-12(20-13)15-11(18)7-6-9-4-3-5-10(14)8-9/h3-5,8H,2,6-7H2,1H3,(H,15,16,18). The number of rotatable bonds is 6. The molecule has 106 valence electrons. The highest BCUT2D eigenvalue weighted by molar-refractivity contribution is 8.01. The van der Waals surface area contributed by atoms with Gasteiger partial charge >= 0.3 is 0 Å². The van der Waals surface area contributed by atoms with Gasteiger partial charge in [-0.2, -0.15) is 0 Å². The van der Waals surface area contributed by atoms with Crippen LogP contribution in [0, 0.1) is 0 Å². The van der Waals surface area contributed by atoms with Gasteiger partial charge in [-0.25, -0.2) is 0 Å². The van der Waals surface area contributed by atoms with Crippen LogP contribution in [-0.2, 0) is 11.2 Å². The predicted molar refractivity (Wildman–Crippen MR) is 84.7 cm³/mol. The fraction of sp³-hybridized carbons (Fsp3) is 0.308. The Labute approximate surface area is 130 Å². The third-order valence-electron chi connectivity index (χ3n) is 2.45. The van der Waals surface area contributed by atoms with Gasteiger partial charge in [0, 0.05) is 11.4 Å². The lowest BCUT2D eigenvalue weighted by Crippen LogP contribution is -2.12. The molecule has 1 aromatic carbocycles. The molecular weight excluding hydrogens is 314 g/mol. The van der Waals surface area contributed by atoms with Gasteiger partial charge in [0.2, 0.25) is 11.0 Å². The maximum atomic E-state index is 11.8. The first-order valence-electron chi connectivity index (χ1n) is 6.18. The van der Waals surface area contributed by atoms with Crippen molar-refractivity contribution in [2.24, 2.45) is 0 Å². The van der Waals surface area contributed by atoms with Gasteiger partial charge in [0.05, 0.1) is 0 Å². The molecule has 1 N–H and O–H groups in total. The lowest BCUT2D eigenvalue weighted by molar-refractivity contribution is -0.116. The molecule has 0 spiro atoms. The van der Waals surface area contributed by atoms with E-state index in [1.807, 2.05) is 24.3 Å². The van der Waals surface area contributed by atoms with Gasteiger partial charge in [-0.15, -0.1) is 10.2 Å². The van der Waals surface area contributed by atoms with Crippen molar-refractivity contribution in [2.75, 3.05) is 11.1 Å². The van der Waals surface area contributed by atoms with Crippen molar-refractivity contribution in [1.29, 1.82) is 0 Å². The first-order chi connectivity index (χ1) is 9.67. The van der Waals surface area contributed by atoms with Crippen LogP contribution < -0.4 is 5.32 Å². The largest absolute Gasteiger partial charge is 0.300 e. The number of anilines is 1. The average Bonchev–Trinajstić information content (AvgIpc) is 2.84. The number of hydrogen-bond donors (Lipinski definition) is 1. The van der Waals surface area contributed by atoms with Crippen LogP contribution >= 0.6 is 34.7 Å². The molecule has 0 saturated carbocycles. The second kappa shape index (κ2) is 7.61. The molecule has 1 amide bonds. The molecule has 7 heteroatoms.